The van der Waals surface area contributed by atoms with Crippen LogP contribution in [0.15, 0.2) is 18.2 Å². The molecule has 6 nitrogen and oxygen atoms in total. The highest BCUT2D eigenvalue weighted by Gasteiger charge is 2.23. The molecule has 1 aromatic carbocycles. The van der Waals surface area contributed by atoms with E-state index in [0.717, 1.165) is 16.7 Å². The zero-order chi connectivity index (χ0) is 15.3. The molecule has 0 heterocycles. The second-order valence-electron chi connectivity index (χ2n) is 4.66. The fourth-order valence-corrected chi connectivity index (χ4v) is 1.78. The number of aliphatic carboxylic acids is 2. The molecule has 0 saturated heterocycles. The molecule has 3 N–H and O–H groups in total. The Balaban J connectivity index is 2.72. The standard InChI is InChI=1S/C14H17NO5/c1-8-3-4-9(2)10(5-8)6-12(16)15-11(14(19)20)7-13(17)18/h3-5,11H,6-7H2,1-2H3,(H,15,16)(H,17,18)(H,19,20). The van der Waals surface area contributed by atoms with Crippen LogP contribution in [0.2, 0.25) is 0 Å². The van der Waals surface area contributed by atoms with Crippen molar-refractivity contribution in [2.75, 3.05) is 0 Å². The minimum Gasteiger partial charge on any atom is -0.481 e. The molecule has 1 amide bonds. The molecule has 1 aromatic rings. The molecule has 1 atom stereocenters. The van der Waals surface area contributed by atoms with Crippen molar-refractivity contribution in [2.45, 2.75) is 32.7 Å². The average molecular weight is 279 g/mol. The summed E-state index contributed by atoms with van der Waals surface area (Å²) in [6.45, 7) is 3.75. The van der Waals surface area contributed by atoms with Gasteiger partial charge in [0.15, 0.2) is 0 Å². The van der Waals surface area contributed by atoms with Crippen molar-refractivity contribution in [3.8, 4) is 0 Å². The number of benzene rings is 1. The first-order valence-electron chi connectivity index (χ1n) is 6.09. The van der Waals surface area contributed by atoms with Gasteiger partial charge < -0.3 is 15.5 Å². The van der Waals surface area contributed by atoms with Gasteiger partial charge in [0.1, 0.15) is 6.04 Å². The summed E-state index contributed by atoms with van der Waals surface area (Å²) in [4.78, 5) is 33.2. The fourth-order valence-electron chi connectivity index (χ4n) is 1.78. The lowest BCUT2D eigenvalue weighted by molar-refractivity contribution is -0.147. The van der Waals surface area contributed by atoms with Gasteiger partial charge in [-0.25, -0.2) is 4.79 Å². The molecular formula is C14H17NO5. The molecule has 0 aliphatic rings. The summed E-state index contributed by atoms with van der Waals surface area (Å²) < 4.78 is 0. The van der Waals surface area contributed by atoms with E-state index in [1.807, 2.05) is 32.0 Å². The number of hydrogen-bond donors (Lipinski definition) is 3. The van der Waals surface area contributed by atoms with Crippen molar-refractivity contribution in [3.05, 3.63) is 34.9 Å². The van der Waals surface area contributed by atoms with Crippen LogP contribution in [0.4, 0.5) is 0 Å². The normalized spacial score (nSPS) is 11.7. The van der Waals surface area contributed by atoms with Gasteiger partial charge in [-0.1, -0.05) is 23.8 Å². The van der Waals surface area contributed by atoms with E-state index >= 15 is 0 Å². The Hall–Kier alpha value is -2.37. The lowest BCUT2D eigenvalue weighted by atomic mass is 10.0. The monoisotopic (exact) mass is 279 g/mol. The molecule has 0 spiro atoms. The van der Waals surface area contributed by atoms with Crippen molar-refractivity contribution in [1.82, 2.24) is 5.32 Å². The maximum atomic E-state index is 11.8. The van der Waals surface area contributed by atoms with E-state index in [9.17, 15) is 14.4 Å². The number of amides is 1. The first kappa shape index (κ1) is 15.7. The number of hydrogen-bond acceptors (Lipinski definition) is 3. The third-order valence-electron chi connectivity index (χ3n) is 2.87. The SMILES string of the molecule is Cc1ccc(C)c(CC(=O)NC(CC(=O)O)C(=O)O)c1. The second-order valence-corrected chi connectivity index (χ2v) is 4.66. The summed E-state index contributed by atoms with van der Waals surface area (Å²) in [5, 5.41) is 19.7. The van der Waals surface area contributed by atoms with Crippen LogP contribution in [0.25, 0.3) is 0 Å². The maximum Gasteiger partial charge on any atom is 0.326 e. The highest BCUT2D eigenvalue weighted by molar-refractivity contribution is 5.87. The molecule has 108 valence electrons. The van der Waals surface area contributed by atoms with Crippen molar-refractivity contribution in [2.24, 2.45) is 0 Å². The Labute approximate surface area is 116 Å². The van der Waals surface area contributed by atoms with Gasteiger partial charge in [0.25, 0.3) is 0 Å². The van der Waals surface area contributed by atoms with E-state index < -0.39 is 30.3 Å². The molecule has 0 aliphatic heterocycles. The molecule has 0 bridgehead atoms. The molecule has 0 fully saturated rings. The van der Waals surface area contributed by atoms with E-state index in [-0.39, 0.29) is 6.42 Å². The number of nitrogens with one attached hydrogen (secondary N) is 1. The molecule has 0 saturated carbocycles. The van der Waals surface area contributed by atoms with E-state index in [1.165, 1.54) is 0 Å². The molecule has 0 aliphatic carbocycles. The topological polar surface area (TPSA) is 104 Å². The van der Waals surface area contributed by atoms with Crippen LogP contribution in [-0.2, 0) is 20.8 Å². The molecule has 0 radical (unpaired) electrons. The quantitative estimate of drug-likeness (QED) is 0.717. The first-order valence-corrected chi connectivity index (χ1v) is 6.09. The van der Waals surface area contributed by atoms with E-state index in [2.05, 4.69) is 5.32 Å². The molecule has 6 heteroatoms. The van der Waals surface area contributed by atoms with Crippen LogP contribution in [-0.4, -0.2) is 34.1 Å². The smallest absolute Gasteiger partial charge is 0.326 e. The van der Waals surface area contributed by atoms with Crippen molar-refractivity contribution in [3.63, 3.8) is 0 Å². The van der Waals surface area contributed by atoms with E-state index in [1.54, 1.807) is 0 Å². The van der Waals surface area contributed by atoms with Crippen LogP contribution in [0, 0.1) is 13.8 Å². The van der Waals surface area contributed by atoms with Gasteiger partial charge in [-0.15, -0.1) is 0 Å². The van der Waals surface area contributed by atoms with Gasteiger partial charge in [-0.3, -0.25) is 9.59 Å². The van der Waals surface area contributed by atoms with Gasteiger partial charge in [0.05, 0.1) is 12.8 Å². The van der Waals surface area contributed by atoms with Crippen LogP contribution in [0.3, 0.4) is 0 Å². The zero-order valence-corrected chi connectivity index (χ0v) is 11.3. The lowest BCUT2D eigenvalue weighted by Gasteiger charge is -2.13. The largest absolute Gasteiger partial charge is 0.481 e. The number of carbonyl (C=O) groups excluding carboxylic acids is 1. The number of carboxylic acid groups (broad SMARTS) is 2. The van der Waals surface area contributed by atoms with Crippen LogP contribution < -0.4 is 5.32 Å². The Morgan fingerprint density at radius 2 is 1.85 bits per heavy atom. The Morgan fingerprint density at radius 3 is 2.40 bits per heavy atom. The number of aryl methyl sites for hydroxylation is 2. The predicted octanol–water partition coefficient (Wildman–Crippen LogP) is 0.890. The summed E-state index contributed by atoms with van der Waals surface area (Å²) in [5.41, 5.74) is 2.72. The minimum atomic E-state index is -1.41. The number of carbonyl (C=O) groups is 3. The fraction of sp³-hybridized carbons (Fsp3) is 0.357. The Bertz CT molecular complexity index is 538. The average Bonchev–Trinajstić information content (AvgIpc) is 2.32. The summed E-state index contributed by atoms with van der Waals surface area (Å²) in [5.74, 6) is -3.14. The molecule has 20 heavy (non-hydrogen) atoms. The van der Waals surface area contributed by atoms with E-state index in [0.29, 0.717) is 0 Å². The van der Waals surface area contributed by atoms with Crippen molar-refractivity contribution in [1.29, 1.82) is 0 Å². The highest BCUT2D eigenvalue weighted by Crippen LogP contribution is 2.11. The summed E-state index contributed by atoms with van der Waals surface area (Å²) in [6, 6.07) is 4.23. The van der Waals surface area contributed by atoms with Gasteiger partial charge in [-0.05, 0) is 25.0 Å². The minimum absolute atomic E-state index is 0.0247. The van der Waals surface area contributed by atoms with Crippen LogP contribution in [0.5, 0.6) is 0 Å². The van der Waals surface area contributed by atoms with Gasteiger partial charge in [0, 0.05) is 0 Å². The molecule has 0 aromatic heterocycles. The first-order chi connectivity index (χ1) is 9.29. The van der Waals surface area contributed by atoms with E-state index in [4.69, 9.17) is 10.2 Å². The summed E-state index contributed by atoms with van der Waals surface area (Å²) in [7, 11) is 0. The van der Waals surface area contributed by atoms with Gasteiger partial charge >= 0.3 is 11.9 Å². The maximum absolute atomic E-state index is 11.8. The van der Waals surface area contributed by atoms with Gasteiger partial charge in [0.2, 0.25) is 5.91 Å². The summed E-state index contributed by atoms with van der Waals surface area (Å²) >= 11 is 0. The number of carboxylic acids is 2. The molecule has 1 rings (SSSR count). The van der Waals surface area contributed by atoms with Crippen molar-refractivity contribution < 1.29 is 24.6 Å². The lowest BCUT2D eigenvalue weighted by Crippen LogP contribution is -2.42. The summed E-state index contributed by atoms with van der Waals surface area (Å²) in [6.07, 6.45) is -0.620. The van der Waals surface area contributed by atoms with Crippen molar-refractivity contribution >= 4 is 17.8 Å². The van der Waals surface area contributed by atoms with Crippen LogP contribution in [0.1, 0.15) is 23.1 Å². The Kier molecular flexibility index (Phi) is 5.25. The van der Waals surface area contributed by atoms with Crippen LogP contribution >= 0.6 is 0 Å². The third kappa shape index (κ3) is 4.72. The second kappa shape index (κ2) is 6.70. The Morgan fingerprint density at radius 1 is 1.20 bits per heavy atom. The molecular weight excluding hydrogens is 262 g/mol. The number of rotatable bonds is 6. The zero-order valence-electron chi connectivity index (χ0n) is 11.3. The molecule has 1 unspecified atom stereocenters. The third-order valence-corrected chi connectivity index (χ3v) is 2.87. The van der Waals surface area contributed by atoms with Gasteiger partial charge in [-0.2, -0.15) is 0 Å². The predicted molar refractivity (Wildman–Crippen MR) is 71.4 cm³/mol. The highest BCUT2D eigenvalue weighted by atomic mass is 16.4.